The Bertz CT molecular complexity index is 512. The highest BCUT2D eigenvalue weighted by Crippen LogP contribution is 2.24. The first kappa shape index (κ1) is 13.3. The molecular formula is C13H17BrN2O2. The van der Waals surface area contributed by atoms with Crippen LogP contribution in [-0.2, 0) is 7.05 Å². The minimum absolute atomic E-state index is 0.0426. The lowest BCUT2D eigenvalue weighted by Gasteiger charge is -2.34. The molecule has 0 aromatic carbocycles. The number of piperidine rings is 1. The molecule has 0 bridgehead atoms. The first-order valence-corrected chi connectivity index (χ1v) is 7.00. The molecule has 5 heteroatoms. The lowest BCUT2D eigenvalue weighted by molar-refractivity contribution is 0.0690. The Labute approximate surface area is 115 Å². The molecule has 1 aliphatic rings. The molecule has 2 heterocycles. The fraction of sp³-hybridized carbons (Fsp3) is 0.538. The van der Waals surface area contributed by atoms with Gasteiger partial charge >= 0.3 is 0 Å². The van der Waals surface area contributed by atoms with Crippen LogP contribution in [-0.4, -0.2) is 33.3 Å². The smallest absolute Gasteiger partial charge is 0.254 e. The number of carbonyl (C=O) groups is 1. The van der Waals surface area contributed by atoms with Crippen molar-refractivity contribution in [3.05, 3.63) is 34.2 Å². The number of aryl methyl sites for hydroxylation is 1. The maximum Gasteiger partial charge on any atom is 0.254 e. The number of rotatable bonds is 1. The van der Waals surface area contributed by atoms with Crippen molar-refractivity contribution in [3.8, 4) is 0 Å². The summed E-state index contributed by atoms with van der Waals surface area (Å²) in [5, 5.41) is 0. The van der Waals surface area contributed by atoms with Crippen molar-refractivity contribution in [1.29, 1.82) is 0 Å². The first-order chi connectivity index (χ1) is 8.49. The van der Waals surface area contributed by atoms with E-state index in [1.807, 2.05) is 4.90 Å². The summed E-state index contributed by atoms with van der Waals surface area (Å²) in [5.41, 5.74) is 0.336. The number of amides is 1. The molecular weight excluding hydrogens is 296 g/mol. The fourth-order valence-electron chi connectivity index (χ4n) is 2.17. The average molecular weight is 313 g/mol. The number of likely N-dealkylation sites (tertiary alicyclic amines) is 1. The predicted molar refractivity (Wildman–Crippen MR) is 74.1 cm³/mol. The van der Waals surface area contributed by atoms with Crippen LogP contribution in [0.25, 0.3) is 0 Å². The van der Waals surface area contributed by atoms with Gasteiger partial charge in [-0.15, -0.1) is 0 Å². The van der Waals surface area contributed by atoms with Gasteiger partial charge < -0.3 is 9.47 Å². The largest absolute Gasteiger partial charge is 0.338 e. The number of hydrogen-bond acceptors (Lipinski definition) is 2. The molecule has 0 N–H and O–H groups in total. The molecule has 1 aliphatic heterocycles. The lowest BCUT2D eigenvalue weighted by Crippen LogP contribution is -2.43. The van der Waals surface area contributed by atoms with Crippen molar-refractivity contribution in [2.45, 2.75) is 18.2 Å². The molecule has 1 fully saturated rings. The molecule has 0 saturated carbocycles. The third kappa shape index (κ3) is 2.66. The second kappa shape index (κ2) is 5.26. The van der Waals surface area contributed by atoms with Crippen LogP contribution >= 0.6 is 15.9 Å². The highest BCUT2D eigenvalue weighted by atomic mass is 79.9. The van der Waals surface area contributed by atoms with Crippen LogP contribution in [0.4, 0.5) is 0 Å². The maximum atomic E-state index is 12.3. The van der Waals surface area contributed by atoms with E-state index in [4.69, 9.17) is 0 Å². The number of hydrogen-bond donors (Lipinski definition) is 0. The Morgan fingerprint density at radius 3 is 2.83 bits per heavy atom. The molecule has 18 heavy (non-hydrogen) atoms. The van der Waals surface area contributed by atoms with E-state index in [2.05, 4.69) is 22.9 Å². The Morgan fingerprint density at radius 1 is 1.50 bits per heavy atom. The summed E-state index contributed by atoms with van der Waals surface area (Å²) in [6, 6.07) is 3.11. The van der Waals surface area contributed by atoms with Crippen LogP contribution in [0.2, 0.25) is 0 Å². The average Bonchev–Trinajstić information content (AvgIpc) is 2.35. The number of alkyl halides is 1. The Balaban J connectivity index is 2.16. The van der Waals surface area contributed by atoms with E-state index in [0.717, 1.165) is 19.5 Å². The Morgan fingerprint density at radius 2 is 2.22 bits per heavy atom. The van der Waals surface area contributed by atoms with Crippen molar-refractivity contribution in [2.75, 3.05) is 13.1 Å². The maximum absolute atomic E-state index is 12.3. The minimum atomic E-state index is -0.149. The fourth-order valence-corrected chi connectivity index (χ4v) is 2.54. The van der Waals surface area contributed by atoms with Crippen molar-refractivity contribution in [3.63, 3.8) is 0 Å². The highest BCUT2D eigenvalue weighted by Gasteiger charge is 2.27. The zero-order valence-electron chi connectivity index (χ0n) is 10.6. The molecule has 4 nitrogen and oxygen atoms in total. The summed E-state index contributed by atoms with van der Waals surface area (Å²) in [6.45, 7) is 3.61. The van der Waals surface area contributed by atoms with Crippen LogP contribution in [0.15, 0.2) is 23.1 Å². The SMILES string of the molecule is CC1CN(C(=O)c2ccn(C)c(=O)c2)CCC1Br. The Hall–Kier alpha value is -1.10. The van der Waals surface area contributed by atoms with E-state index in [-0.39, 0.29) is 11.5 Å². The number of pyridine rings is 1. The van der Waals surface area contributed by atoms with Crippen LogP contribution in [0.3, 0.4) is 0 Å². The summed E-state index contributed by atoms with van der Waals surface area (Å²) in [5.74, 6) is 0.396. The van der Waals surface area contributed by atoms with Gasteiger partial charge in [-0.2, -0.15) is 0 Å². The van der Waals surface area contributed by atoms with Gasteiger partial charge in [0, 0.05) is 42.8 Å². The van der Waals surface area contributed by atoms with Crippen LogP contribution in [0.5, 0.6) is 0 Å². The van der Waals surface area contributed by atoms with Gasteiger partial charge in [0.25, 0.3) is 11.5 Å². The van der Waals surface area contributed by atoms with E-state index in [9.17, 15) is 9.59 Å². The van der Waals surface area contributed by atoms with Crippen LogP contribution in [0.1, 0.15) is 23.7 Å². The van der Waals surface area contributed by atoms with E-state index in [0.29, 0.717) is 16.3 Å². The zero-order chi connectivity index (χ0) is 13.3. The van der Waals surface area contributed by atoms with Crippen molar-refractivity contribution < 1.29 is 4.79 Å². The van der Waals surface area contributed by atoms with Gasteiger partial charge in [-0.1, -0.05) is 22.9 Å². The van der Waals surface area contributed by atoms with Gasteiger partial charge in [0.05, 0.1) is 0 Å². The van der Waals surface area contributed by atoms with Gasteiger partial charge in [-0.05, 0) is 18.4 Å². The van der Waals surface area contributed by atoms with E-state index in [1.165, 1.54) is 10.6 Å². The quantitative estimate of drug-likeness (QED) is 0.740. The molecule has 98 valence electrons. The van der Waals surface area contributed by atoms with Gasteiger partial charge in [-0.25, -0.2) is 0 Å². The third-order valence-corrected chi connectivity index (χ3v) is 4.80. The zero-order valence-corrected chi connectivity index (χ0v) is 12.2. The second-order valence-electron chi connectivity index (χ2n) is 4.90. The molecule has 2 atom stereocenters. The van der Waals surface area contributed by atoms with Gasteiger partial charge in [0.1, 0.15) is 0 Å². The highest BCUT2D eigenvalue weighted by molar-refractivity contribution is 9.09. The number of aromatic nitrogens is 1. The number of carbonyl (C=O) groups excluding carboxylic acids is 1. The van der Waals surface area contributed by atoms with Crippen molar-refractivity contribution in [2.24, 2.45) is 13.0 Å². The summed E-state index contributed by atoms with van der Waals surface area (Å²) in [7, 11) is 1.68. The third-order valence-electron chi connectivity index (χ3n) is 3.44. The van der Waals surface area contributed by atoms with Crippen LogP contribution < -0.4 is 5.56 Å². The summed E-state index contributed by atoms with van der Waals surface area (Å²) >= 11 is 3.62. The monoisotopic (exact) mass is 312 g/mol. The van der Waals surface area contributed by atoms with E-state index in [1.54, 1.807) is 19.3 Å². The molecule has 1 aromatic heterocycles. The first-order valence-electron chi connectivity index (χ1n) is 6.09. The van der Waals surface area contributed by atoms with Crippen molar-refractivity contribution in [1.82, 2.24) is 9.47 Å². The second-order valence-corrected chi connectivity index (χ2v) is 6.07. The number of nitrogens with zero attached hydrogens (tertiary/aromatic N) is 2. The lowest BCUT2D eigenvalue weighted by atomic mass is 9.99. The topological polar surface area (TPSA) is 42.3 Å². The van der Waals surface area contributed by atoms with Gasteiger partial charge in [0.2, 0.25) is 0 Å². The molecule has 0 aliphatic carbocycles. The predicted octanol–water partition coefficient (Wildman–Crippen LogP) is 1.63. The van der Waals surface area contributed by atoms with E-state index < -0.39 is 0 Å². The molecule has 1 aromatic rings. The van der Waals surface area contributed by atoms with E-state index >= 15 is 0 Å². The molecule has 2 rings (SSSR count). The van der Waals surface area contributed by atoms with Gasteiger partial charge in [-0.3, -0.25) is 9.59 Å². The normalized spacial score (nSPS) is 24.1. The standard InChI is InChI=1S/C13H17BrN2O2/c1-9-8-16(6-4-11(9)14)13(18)10-3-5-15(2)12(17)7-10/h3,5,7,9,11H,4,6,8H2,1-2H3. The Kier molecular flexibility index (Phi) is 3.90. The molecule has 0 spiro atoms. The molecule has 2 unspecified atom stereocenters. The molecule has 1 amide bonds. The van der Waals surface area contributed by atoms with Crippen LogP contribution in [0, 0.1) is 5.92 Å². The molecule has 1 saturated heterocycles. The minimum Gasteiger partial charge on any atom is -0.338 e. The summed E-state index contributed by atoms with van der Waals surface area (Å²) in [6.07, 6.45) is 2.59. The van der Waals surface area contributed by atoms with Gasteiger partial charge in [0.15, 0.2) is 0 Å². The summed E-state index contributed by atoms with van der Waals surface area (Å²) in [4.78, 5) is 26.1. The molecule has 0 radical (unpaired) electrons. The van der Waals surface area contributed by atoms with Crippen molar-refractivity contribution >= 4 is 21.8 Å². The summed E-state index contributed by atoms with van der Waals surface area (Å²) < 4.78 is 1.46. The number of halogens is 1.